The van der Waals surface area contributed by atoms with Crippen LogP contribution >= 0.6 is 11.6 Å². The van der Waals surface area contributed by atoms with Gasteiger partial charge in [-0.3, -0.25) is 0 Å². The van der Waals surface area contributed by atoms with Crippen LogP contribution in [0.25, 0.3) is 16.7 Å². The Labute approximate surface area is 152 Å². The number of hydrogen-bond acceptors (Lipinski definition) is 4. The van der Waals surface area contributed by atoms with E-state index in [1.54, 1.807) is 7.11 Å². The van der Waals surface area contributed by atoms with Crippen molar-refractivity contribution >= 4 is 28.3 Å². The molecule has 25 heavy (non-hydrogen) atoms. The number of nitrogens with one attached hydrogen (secondary N) is 2. The van der Waals surface area contributed by atoms with Gasteiger partial charge in [-0.1, -0.05) is 11.6 Å². The molecule has 0 saturated carbocycles. The Morgan fingerprint density at radius 2 is 2.24 bits per heavy atom. The molecule has 2 N–H and O–H groups in total. The summed E-state index contributed by atoms with van der Waals surface area (Å²) in [7, 11) is 1.62. The van der Waals surface area contributed by atoms with Gasteiger partial charge >= 0.3 is 0 Å². The van der Waals surface area contributed by atoms with Crippen molar-refractivity contribution in [2.75, 3.05) is 25.5 Å². The summed E-state index contributed by atoms with van der Waals surface area (Å²) in [5.41, 5.74) is 3.00. The number of pyridine rings is 1. The molecule has 1 aliphatic heterocycles. The minimum atomic E-state index is 0.457. The third-order valence-electron chi connectivity index (χ3n) is 4.66. The van der Waals surface area contributed by atoms with E-state index in [0.717, 1.165) is 35.5 Å². The second-order valence-electron chi connectivity index (χ2n) is 6.29. The smallest absolute Gasteiger partial charge is 0.146 e. The van der Waals surface area contributed by atoms with Gasteiger partial charge in [0.2, 0.25) is 0 Å². The molecule has 0 amide bonds. The number of methoxy groups -OCH3 is 1. The molecule has 6 heteroatoms. The van der Waals surface area contributed by atoms with Gasteiger partial charge < -0.3 is 19.9 Å². The van der Waals surface area contributed by atoms with Gasteiger partial charge in [0.25, 0.3) is 0 Å². The van der Waals surface area contributed by atoms with Crippen LogP contribution in [0.3, 0.4) is 0 Å². The number of fused-ring (bicyclic) bond motifs is 1. The highest BCUT2D eigenvalue weighted by atomic mass is 35.5. The van der Waals surface area contributed by atoms with Gasteiger partial charge in [-0.05, 0) is 49.7 Å². The molecule has 3 aromatic rings. The van der Waals surface area contributed by atoms with Crippen LogP contribution in [0.15, 0.2) is 42.7 Å². The Kier molecular flexibility index (Phi) is 4.51. The summed E-state index contributed by atoms with van der Waals surface area (Å²) in [4.78, 5) is 4.58. The predicted octanol–water partition coefficient (Wildman–Crippen LogP) is 3.85. The Balaban J connectivity index is 1.70. The molecule has 4 rings (SSSR count). The zero-order valence-electron chi connectivity index (χ0n) is 14.1. The van der Waals surface area contributed by atoms with Crippen molar-refractivity contribution < 1.29 is 4.74 Å². The van der Waals surface area contributed by atoms with Crippen molar-refractivity contribution in [3.8, 4) is 11.4 Å². The fourth-order valence-corrected chi connectivity index (χ4v) is 3.62. The predicted molar refractivity (Wildman–Crippen MR) is 102 cm³/mol. The number of benzene rings is 1. The molecule has 2 aromatic heterocycles. The molecule has 1 aliphatic rings. The maximum Gasteiger partial charge on any atom is 0.146 e. The molecule has 1 atom stereocenters. The normalized spacial score (nSPS) is 17.6. The second-order valence-corrected chi connectivity index (χ2v) is 6.70. The number of rotatable bonds is 4. The Hall–Kier alpha value is -2.24. The second kappa shape index (κ2) is 6.94. The van der Waals surface area contributed by atoms with E-state index in [9.17, 15) is 0 Å². The molecule has 3 heterocycles. The first-order valence-electron chi connectivity index (χ1n) is 8.53. The largest absolute Gasteiger partial charge is 0.495 e. The van der Waals surface area contributed by atoms with E-state index in [1.807, 2.05) is 41.2 Å². The number of hydrogen-bond donors (Lipinski definition) is 2. The lowest BCUT2D eigenvalue weighted by molar-refractivity contribution is 0.415. The Morgan fingerprint density at radius 3 is 3.00 bits per heavy atom. The molecule has 0 spiro atoms. The molecular formula is C19H21ClN4O. The number of halogens is 1. The molecule has 0 bridgehead atoms. The lowest BCUT2D eigenvalue weighted by Crippen LogP contribution is -2.38. The summed E-state index contributed by atoms with van der Waals surface area (Å²) in [5.74, 6) is 0.669. The van der Waals surface area contributed by atoms with Crippen LogP contribution in [0.4, 0.5) is 5.69 Å². The molecule has 0 radical (unpaired) electrons. The number of anilines is 1. The SMILES string of the molecule is COc1ccc(-n2ccc3c(NC4CCCNC4)ccnc32)cc1Cl. The highest BCUT2D eigenvalue weighted by molar-refractivity contribution is 6.32. The zero-order valence-corrected chi connectivity index (χ0v) is 14.9. The lowest BCUT2D eigenvalue weighted by Gasteiger charge is -2.25. The van der Waals surface area contributed by atoms with Crippen molar-refractivity contribution in [1.29, 1.82) is 0 Å². The van der Waals surface area contributed by atoms with Crippen LogP contribution in [0, 0.1) is 0 Å². The molecule has 1 aromatic carbocycles. The Bertz CT molecular complexity index is 886. The van der Waals surface area contributed by atoms with Crippen molar-refractivity contribution in [2.24, 2.45) is 0 Å². The van der Waals surface area contributed by atoms with Gasteiger partial charge in [0.15, 0.2) is 0 Å². The highest BCUT2D eigenvalue weighted by Crippen LogP contribution is 2.30. The van der Waals surface area contributed by atoms with Gasteiger partial charge in [0, 0.05) is 41.7 Å². The van der Waals surface area contributed by atoms with Crippen molar-refractivity contribution in [3.63, 3.8) is 0 Å². The van der Waals surface area contributed by atoms with E-state index < -0.39 is 0 Å². The van der Waals surface area contributed by atoms with E-state index in [0.29, 0.717) is 16.8 Å². The summed E-state index contributed by atoms with van der Waals surface area (Å²) >= 11 is 6.28. The lowest BCUT2D eigenvalue weighted by atomic mass is 10.1. The fourth-order valence-electron chi connectivity index (χ4n) is 3.37. The molecule has 0 aliphatic carbocycles. The number of nitrogens with zero attached hydrogens (tertiary/aromatic N) is 2. The maximum absolute atomic E-state index is 6.28. The van der Waals surface area contributed by atoms with Crippen molar-refractivity contribution in [2.45, 2.75) is 18.9 Å². The summed E-state index contributed by atoms with van der Waals surface area (Å²) in [6.07, 6.45) is 6.27. The van der Waals surface area contributed by atoms with Crippen LogP contribution in [0.5, 0.6) is 5.75 Å². The van der Waals surface area contributed by atoms with E-state index in [-0.39, 0.29) is 0 Å². The first-order valence-corrected chi connectivity index (χ1v) is 8.91. The topological polar surface area (TPSA) is 51.1 Å². The monoisotopic (exact) mass is 356 g/mol. The summed E-state index contributed by atoms with van der Waals surface area (Å²) in [6.45, 7) is 2.11. The minimum Gasteiger partial charge on any atom is -0.495 e. The number of piperidine rings is 1. The van der Waals surface area contributed by atoms with Crippen molar-refractivity contribution in [1.82, 2.24) is 14.9 Å². The standard InChI is InChI=1S/C19H21ClN4O/c1-25-18-5-4-14(11-16(18)20)24-10-7-15-17(6-9-22-19(15)24)23-13-3-2-8-21-12-13/h4-7,9-11,13,21H,2-3,8,12H2,1H3,(H,22,23). The molecular weight excluding hydrogens is 336 g/mol. The van der Waals surface area contributed by atoms with Crippen LogP contribution in [0.1, 0.15) is 12.8 Å². The van der Waals surface area contributed by atoms with Crippen molar-refractivity contribution in [3.05, 3.63) is 47.7 Å². The summed E-state index contributed by atoms with van der Waals surface area (Å²) < 4.78 is 7.28. The average Bonchev–Trinajstić information content (AvgIpc) is 3.08. The van der Waals surface area contributed by atoms with E-state index in [2.05, 4.69) is 21.7 Å². The summed E-state index contributed by atoms with van der Waals surface area (Å²) in [6, 6.07) is 10.3. The number of aromatic nitrogens is 2. The van der Waals surface area contributed by atoms with Crippen LogP contribution in [-0.2, 0) is 0 Å². The zero-order chi connectivity index (χ0) is 17.2. The molecule has 1 saturated heterocycles. The Morgan fingerprint density at radius 1 is 1.32 bits per heavy atom. The maximum atomic E-state index is 6.28. The van der Waals surface area contributed by atoms with Gasteiger partial charge in [0.1, 0.15) is 11.4 Å². The average molecular weight is 357 g/mol. The highest BCUT2D eigenvalue weighted by Gasteiger charge is 2.15. The van der Waals surface area contributed by atoms with Gasteiger partial charge in [-0.25, -0.2) is 4.98 Å². The first kappa shape index (κ1) is 16.2. The molecule has 1 unspecified atom stereocenters. The van der Waals surface area contributed by atoms with E-state index in [1.165, 1.54) is 12.8 Å². The van der Waals surface area contributed by atoms with Gasteiger partial charge in [0.05, 0.1) is 12.1 Å². The van der Waals surface area contributed by atoms with Crippen LogP contribution in [-0.4, -0.2) is 35.8 Å². The third-order valence-corrected chi connectivity index (χ3v) is 4.95. The minimum absolute atomic E-state index is 0.457. The molecule has 130 valence electrons. The van der Waals surface area contributed by atoms with Gasteiger partial charge in [-0.15, -0.1) is 0 Å². The number of ether oxygens (including phenoxy) is 1. The van der Waals surface area contributed by atoms with E-state index in [4.69, 9.17) is 16.3 Å². The van der Waals surface area contributed by atoms with Gasteiger partial charge in [-0.2, -0.15) is 0 Å². The molecule has 5 nitrogen and oxygen atoms in total. The van der Waals surface area contributed by atoms with Crippen LogP contribution < -0.4 is 15.4 Å². The first-order chi connectivity index (χ1) is 12.3. The summed E-state index contributed by atoms with van der Waals surface area (Å²) in [5, 5.41) is 8.80. The fraction of sp³-hybridized carbons (Fsp3) is 0.316. The quantitative estimate of drug-likeness (QED) is 0.745. The van der Waals surface area contributed by atoms with Crippen LogP contribution in [0.2, 0.25) is 5.02 Å². The third kappa shape index (κ3) is 3.17. The van der Waals surface area contributed by atoms with E-state index >= 15 is 0 Å². The molecule has 1 fully saturated rings.